The number of nitrogens with one attached hydrogen (secondary N) is 1. The molecule has 0 fully saturated rings. The summed E-state index contributed by atoms with van der Waals surface area (Å²) in [6, 6.07) is 6.91. The van der Waals surface area contributed by atoms with E-state index in [4.69, 9.17) is 25.8 Å². The Morgan fingerprint density at radius 2 is 1.89 bits per heavy atom. The van der Waals surface area contributed by atoms with Crippen molar-refractivity contribution in [3.8, 4) is 11.5 Å². The minimum atomic E-state index is -0.439. The smallest absolute Gasteiger partial charge is 0.338 e. The van der Waals surface area contributed by atoms with Gasteiger partial charge in [0.05, 0.1) is 37.3 Å². The molecule has 2 aromatic carbocycles. The molecular weight excluding hydrogens is 382 g/mol. The van der Waals surface area contributed by atoms with Gasteiger partial charge in [-0.15, -0.1) is 0 Å². The van der Waals surface area contributed by atoms with Gasteiger partial charge in [0.2, 0.25) is 5.91 Å². The van der Waals surface area contributed by atoms with E-state index in [0.717, 1.165) is 17.5 Å². The number of aryl methyl sites for hydroxylation is 1. The number of ether oxygens (including phenoxy) is 3. The Hall–Kier alpha value is -2.73. The van der Waals surface area contributed by atoms with E-state index in [1.54, 1.807) is 18.2 Å². The molecule has 6 nitrogen and oxygen atoms in total. The van der Waals surface area contributed by atoms with Crippen LogP contribution in [0.25, 0.3) is 0 Å². The SMILES string of the molecule is COC(=O)c1cc(NC(=O)Cc2cc(Cl)c3c(c2)OCCCO3)cc(C)c1C. The maximum absolute atomic E-state index is 12.5. The molecule has 0 saturated heterocycles. The third kappa shape index (κ3) is 4.39. The van der Waals surface area contributed by atoms with Gasteiger partial charge in [-0.25, -0.2) is 4.79 Å². The Balaban J connectivity index is 1.78. The zero-order valence-corrected chi connectivity index (χ0v) is 16.8. The number of fused-ring (bicyclic) bond motifs is 1. The number of methoxy groups -OCH3 is 1. The van der Waals surface area contributed by atoms with Crippen LogP contribution in [0.15, 0.2) is 24.3 Å². The predicted molar refractivity (Wildman–Crippen MR) is 107 cm³/mol. The third-order valence-electron chi connectivity index (χ3n) is 4.58. The lowest BCUT2D eigenvalue weighted by Crippen LogP contribution is -2.16. The summed E-state index contributed by atoms with van der Waals surface area (Å²) in [5.74, 6) is 0.392. The zero-order chi connectivity index (χ0) is 20.3. The number of esters is 1. The van der Waals surface area contributed by atoms with Gasteiger partial charge in [-0.2, -0.15) is 0 Å². The van der Waals surface area contributed by atoms with Crippen molar-refractivity contribution in [3.63, 3.8) is 0 Å². The van der Waals surface area contributed by atoms with Crippen LogP contribution in [0.3, 0.4) is 0 Å². The number of anilines is 1. The highest BCUT2D eigenvalue weighted by Gasteiger charge is 2.18. The van der Waals surface area contributed by atoms with Crippen molar-refractivity contribution in [2.24, 2.45) is 0 Å². The molecule has 1 aliphatic rings. The first-order valence-corrected chi connectivity index (χ1v) is 9.34. The summed E-state index contributed by atoms with van der Waals surface area (Å²) in [7, 11) is 1.33. The van der Waals surface area contributed by atoms with E-state index < -0.39 is 5.97 Å². The number of hydrogen-bond acceptors (Lipinski definition) is 5. The average Bonchev–Trinajstić information content (AvgIpc) is 2.89. The Kier molecular flexibility index (Phi) is 6.09. The molecule has 28 heavy (non-hydrogen) atoms. The monoisotopic (exact) mass is 403 g/mol. The Bertz CT molecular complexity index is 925. The molecule has 0 spiro atoms. The molecule has 1 N–H and O–H groups in total. The fourth-order valence-corrected chi connectivity index (χ4v) is 3.32. The molecule has 0 aliphatic carbocycles. The Morgan fingerprint density at radius 3 is 2.64 bits per heavy atom. The van der Waals surface area contributed by atoms with Gasteiger partial charge in [0.15, 0.2) is 11.5 Å². The summed E-state index contributed by atoms with van der Waals surface area (Å²) in [5, 5.41) is 3.25. The van der Waals surface area contributed by atoms with Crippen LogP contribution in [-0.4, -0.2) is 32.2 Å². The summed E-state index contributed by atoms with van der Waals surface area (Å²) >= 11 is 6.29. The molecule has 148 valence electrons. The lowest BCUT2D eigenvalue weighted by molar-refractivity contribution is -0.115. The van der Waals surface area contributed by atoms with E-state index in [9.17, 15) is 9.59 Å². The van der Waals surface area contributed by atoms with Crippen LogP contribution in [0.4, 0.5) is 5.69 Å². The lowest BCUT2D eigenvalue weighted by Gasteiger charge is -2.13. The minimum Gasteiger partial charge on any atom is -0.489 e. The molecule has 0 radical (unpaired) electrons. The van der Waals surface area contributed by atoms with Crippen LogP contribution >= 0.6 is 11.6 Å². The van der Waals surface area contributed by atoms with Crippen molar-refractivity contribution < 1.29 is 23.8 Å². The molecule has 0 aromatic heterocycles. The number of carbonyl (C=O) groups excluding carboxylic acids is 2. The van der Waals surface area contributed by atoms with E-state index in [0.29, 0.717) is 46.5 Å². The topological polar surface area (TPSA) is 73.9 Å². The summed E-state index contributed by atoms with van der Waals surface area (Å²) in [4.78, 5) is 24.5. The first-order valence-electron chi connectivity index (χ1n) is 8.96. The van der Waals surface area contributed by atoms with Gasteiger partial charge in [-0.1, -0.05) is 11.6 Å². The van der Waals surface area contributed by atoms with Crippen molar-refractivity contribution >= 4 is 29.2 Å². The van der Waals surface area contributed by atoms with Crippen LogP contribution in [0.1, 0.15) is 33.5 Å². The molecule has 1 heterocycles. The van der Waals surface area contributed by atoms with Crippen molar-refractivity contribution in [3.05, 3.63) is 51.5 Å². The second-order valence-electron chi connectivity index (χ2n) is 6.64. The molecule has 3 rings (SSSR count). The van der Waals surface area contributed by atoms with E-state index in [1.165, 1.54) is 7.11 Å². The first kappa shape index (κ1) is 20.0. The van der Waals surface area contributed by atoms with Gasteiger partial charge in [0, 0.05) is 12.1 Å². The van der Waals surface area contributed by atoms with Crippen molar-refractivity contribution in [2.45, 2.75) is 26.7 Å². The number of halogens is 1. The normalized spacial score (nSPS) is 12.9. The summed E-state index contributed by atoms with van der Waals surface area (Å²) in [5.41, 5.74) is 3.38. The minimum absolute atomic E-state index is 0.108. The number of carbonyl (C=O) groups is 2. The second kappa shape index (κ2) is 8.52. The molecule has 0 bridgehead atoms. The van der Waals surface area contributed by atoms with Crippen LogP contribution < -0.4 is 14.8 Å². The third-order valence-corrected chi connectivity index (χ3v) is 4.86. The maximum Gasteiger partial charge on any atom is 0.338 e. The second-order valence-corrected chi connectivity index (χ2v) is 7.04. The van der Waals surface area contributed by atoms with Crippen molar-refractivity contribution in [1.82, 2.24) is 0 Å². The fraction of sp³-hybridized carbons (Fsp3) is 0.333. The summed E-state index contributed by atoms with van der Waals surface area (Å²) in [6.45, 7) is 4.80. The van der Waals surface area contributed by atoms with Gasteiger partial charge < -0.3 is 19.5 Å². The van der Waals surface area contributed by atoms with E-state index in [1.807, 2.05) is 19.9 Å². The standard InChI is InChI=1S/C21H22ClNO5/c1-12-7-15(11-16(13(12)2)21(25)26-3)23-19(24)10-14-8-17(22)20-18(9-14)27-5-4-6-28-20/h7-9,11H,4-6,10H2,1-3H3,(H,23,24). The maximum atomic E-state index is 12.5. The average molecular weight is 404 g/mol. The Morgan fingerprint density at radius 1 is 1.14 bits per heavy atom. The number of rotatable bonds is 4. The molecule has 0 saturated carbocycles. The fourth-order valence-electron chi connectivity index (χ4n) is 3.03. The largest absolute Gasteiger partial charge is 0.489 e. The molecule has 1 aliphatic heterocycles. The molecule has 1 amide bonds. The van der Waals surface area contributed by atoms with Crippen LogP contribution in [0.2, 0.25) is 5.02 Å². The highest BCUT2D eigenvalue weighted by molar-refractivity contribution is 6.32. The molecule has 0 unspecified atom stereocenters. The predicted octanol–water partition coefficient (Wildman–Crippen LogP) is 4.09. The van der Waals surface area contributed by atoms with E-state index in [-0.39, 0.29) is 12.3 Å². The molecule has 2 aromatic rings. The number of benzene rings is 2. The van der Waals surface area contributed by atoms with E-state index >= 15 is 0 Å². The van der Waals surface area contributed by atoms with Gasteiger partial charge in [0.1, 0.15) is 0 Å². The quantitative estimate of drug-likeness (QED) is 0.778. The van der Waals surface area contributed by atoms with Crippen molar-refractivity contribution in [2.75, 3.05) is 25.6 Å². The highest BCUT2D eigenvalue weighted by atomic mass is 35.5. The van der Waals surface area contributed by atoms with Crippen LogP contribution in [-0.2, 0) is 16.0 Å². The number of amides is 1. The molecule has 7 heteroatoms. The summed E-state index contributed by atoms with van der Waals surface area (Å²) in [6.07, 6.45) is 0.882. The van der Waals surface area contributed by atoms with E-state index in [2.05, 4.69) is 5.32 Å². The molecule has 0 atom stereocenters. The first-order chi connectivity index (χ1) is 13.4. The van der Waals surface area contributed by atoms with Gasteiger partial charge in [-0.3, -0.25) is 4.79 Å². The van der Waals surface area contributed by atoms with Gasteiger partial charge in [0.25, 0.3) is 0 Å². The van der Waals surface area contributed by atoms with Gasteiger partial charge >= 0.3 is 5.97 Å². The highest BCUT2D eigenvalue weighted by Crippen LogP contribution is 2.38. The van der Waals surface area contributed by atoms with Crippen molar-refractivity contribution in [1.29, 1.82) is 0 Å². The van der Waals surface area contributed by atoms with Crippen LogP contribution in [0.5, 0.6) is 11.5 Å². The molecular formula is C21H22ClNO5. The number of hydrogen-bond donors (Lipinski definition) is 1. The lowest BCUT2D eigenvalue weighted by atomic mass is 10.0. The summed E-state index contributed by atoms with van der Waals surface area (Å²) < 4.78 is 16.1. The van der Waals surface area contributed by atoms with Gasteiger partial charge in [-0.05, 0) is 54.8 Å². The Labute approximate surface area is 168 Å². The van der Waals surface area contributed by atoms with Crippen LogP contribution in [0, 0.1) is 13.8 Å². The zero-order valence-electron chi connectivity index (χ0n) is 16.1.